The number of rotatable bonds is 5. The molecule has 3 aromatic rings. The summed E-state index contributed by atoms with van der Waals surface area (Å²) in [7, 11) is -0.761. The van der Waals surface area contributed by atoms with E-state index in [0.29, 0.717) is 4.90 Å². The summed E-state index contributed by atoms with van der Waals surface area (Å²) in [6.07, 6.45) is -4.40. The number of carbonyl (C=O) groups excluding carboxylic acids is 1. The number of esters is 1. The van der Waals surface area contributed by atoms with E-state index in [1.54, 1.807) is 13.8 Å². The summed E-state index contributed by atoms with van der Waals surface area (Å²) in [5.74, 6) is -0.362. The van der Waals surface area contributed by atoms with Gasteiger partial charge in [0.25, 0.3) is 0 Å². The van der Waals surface area contributed by atoms with Crippen molar-refractivity contribution < 1.29 is 22.7 Å². The molecule has 0 spiro atoms. The van der Waals surface area contributed by atoms with Crippen LogP contribution in [0, 0.1) is 0 Å². The van der Waals surface area contributed by atoms with E-state index in [9.17, 15) is 18.0 Å². The fourth-order valence-corrected chi connectivity index (χ4v) is 5.24. The molecule has 6 heteroatoms. The number of ether oxygens (including phenoxy) is 1. The number of hydrogen-bond donors (Lipinski definition) is 0. The lowest BCUT2D eigenvalue weighted by atomic mass is 10.1. The van der Waals surface area contributed by atoms with Gasteiger partial charge in [-0.15, -0.1) is 0 Å². The van der Waals surface area contributed by atoms with E-state index in [-0.39, 0.29) is 12.6 Å². The minimum Gasteiger partial charge on any atom is -0.462 e. The lowest BCUT2D eigenvalue weighted by Crippen LogP contribution is -2.30. The van der Waals surface area contributed by atoms with Gasteiger partial charge < -0.3 is 4.74 Å². The van der Waals surface area contributed by atoms with Crippen molar-refractivity contribution in [1.82, 2.24) is 0 Å². The van der Waals surface area contributed by atoms with Gasteiger partial charge in [0, 0.05) is 6.07 Å². The topological polar surface area (TPSA) is 26.3 Å². The Hall–Kier alpha value is -2.47. The number of alkyl halides is 3. The molecule has 0 aliphatic carbocycles. The van der Waals surface area contributed by atoms with Crippen LogP contribution in [0.5, 0.6) is 0 Å². The zero-order chi connectivity index (χ0) is 20.3. The van der Waals surface area contributed by atoms with Crippen LogP contribution in [-0.4, -0.2) is 17.8 Å². The SMILES string of the molecule is CCOC(=O)C(C)[S+](c1ccc(C(F)(F)F)cc1)c1ccc2ccccc2c1. The zero-order valence-corrected chi connectivity index (χ0v) is 16.3. The largest absolute Gasteiger partial charge is 0.462 e. The maximum Gasteiger partial charge on any atom is 0.416 e. The first kappa shape index (κ1) is 20.3. The number of fused-ring (bicyclic) bond motifs is 1. The van der Waals surface area contributed by atoms with Crippen molar-refractivity contribution in [1.29, 1.82) is 0 Å². The lowest BCUT2D eigenvalue weighted by molar-refractivity contribution is -0.142. The van der Waals surface area contributed by atoms with E-state index in [1.807, 2.05) is 42.5 Å². The summed E-state index contributed by atoms with van der Waals surface area (Å²) >= 11 is 0. The number of halogens is 3. The lowest BCUT2D eigenvalue weighted by Gasteiger charge is -2.15. The van der Waals surface area contributed by atoms with E-state index in [4.69, 9.17) is 4.74 Å². The van der Waals surface area contributed by atoms with Crippen LogP contribution in [0.2, 0.25) is 0 Å². The smallest absolute Gasteiger partial charge is 0.416 e. The molecule has 146 valence electrons. The maximum absolute atomic E-state index is 12.9. The van der Waals surface area contributed by atoms with Crippen LogP contribution in [0.3, 0.4) is 0 Å². The average Bonchev–Trinajstić information content (AvgIpc) is 2.68. The Morgan fingerprint density at radius 2 is 1.57 bits per heavy atom. The highest BCUT2D eigenvalue weighted by atomic mass is 32.2. The quantitative estimate of drug-likeness (QED) is 0.393. The molecule has 0 fully saturated rings. The fraction of sp³-hybridized carbons (Fsp3) is 0.227. The van der Waals surface area contributed by atoms with Crippen molar-refractivity contribution in [3.8, 4) is 0 Å². The van der Waals surface area contributed by atoms with E-state index < -0.39 is 27.9 Å². The standard InChI is InChI=1S/C22H20F3O2S/c1-3-27-21(26)15(2)28(19-12-9-18(10-13-19)22(23,24)25)20-11-8-16-6-4-5-7-17(16)14-20/h4-15H,3H2,1-2H3/q+1. The number of carbonyl (C=O) groups is 1. The molecule has 2 unspecified atom stereocenters. The van der Waals surface area contributed by atoms with Gasteiger partial charge in [-0.1, -0.05) is 24.3 Å². The van der Waals surface area contributed by atoms with Gasteiger partial charge >= 0.3 is 12.1 Å². The first-order valence-electron chi connectivity index (χ1n) is 8.87. The summed E-state index contributed by atoms with van der Waals surface area (Å²) < 4.78 is 44.0. The van der Waals surface area contributed by atoms with Crippen molar-refractivity contribution in [3.05, 3.63) is 72.3 Å². The van der Waals surface area contributed by atoms with Gasteiger partial charge in [-0.2, -0.15) is 13.2 Å². The van der Waals surface area contributed by atoms with Gasteiger partial charge in [-0.25, -0.2) is 4.79 Å². The highest BCUT2D eigenvalue weighted by Gasteiger charge is 2.39. The van der Waals surface area contributed by atoms with E-state index in [2.05, 4.69) is 0 Å². The molecule has 2 atom stereocenters. The van der Waals surface area contributed by atoms with E-state index in [0.717, 1.165) is 27.8 Å². The number of hydrogen-bond acceptors (Lipinski definition) is 2. The summed E-state index contributed by atoms with van der Waals surface area (Å²) in [6, 6.07) is 18.8. The van der Waals surface area contributed by atoms with E-state index >= 15 is 0 Å². The summed E-state index contributed by atoms with van der Waals surface area (Å²) in [5, 5.41) is 1.56. The molecule has 0 heterocycles. The Morgan fingerprint density at radius 1 is 0.964 bits per heavy atom. The van der Waals surface area contributed by atoms with Crippen LogP contribution < -0.4 is 0 Å². The Kier molecular flexibility index (Phi) is 5.98. The second kappa shape index (κ2) is 8.27. The summed E-state index contributed by atoms with van der Waals surface area (Å²) in [4.78, 5) is 14.0. The third kappa shape index (κ3) is 4.33. The van der Waals surface area contributed by atoms with Crippen LogP contribution >= 0.6 is 0 Å². The van der Waals surface area contributed by atoms with Gasteiger partial charge in [0.1, 0.15) is 0 Å². The second-order valence-electron chi connectivity index (χ2n) is 6.26. The highest BCUT2D eigenvalue weighted by molar-refractivity contribution is 7.98. The second-order valence-corrected chi connectivity index (χ2v) is 8.59. The fourth-order valence-electron chi connectivity index (χ4n) is 2.99. The molecular weight excluding hydrogens is 385 g/mol. The van der Waals surface area contributed by atoms with Gasteiger partial charge in [0.15, 0.2) is 9.79 Å². The molecule has 0 amide bonds. The molecule has 2 nitrogen and oxygen atoms in total. The predicted octanol–water partition coefficient (Wildman–Crippen LogP) is 5.85. The van der Waals surface area contributed by atoms with Crippen LogP contribution in [0.1, 0.15) is 19.4 Å². The average molecular weight is 405 g/mol. The molecule has 3 aromatic carbocycles. The highest BCUT2D eigenvalue weighted by Crippen LogP contribution is 2.34. The molecule has 0 aliphatic rings. The molecule has 0 bridgehead atoms. The van der Waals surface area contributed by atoms with Gasteiger partial charge in [0.2, 0.25) is 5.25 Å². The summed E-state index contributed by atoms with van der Waals surface area (Å²) in [6.45, 7) is 3.75. The monoisotopic (exact) mass is 405 g/mol. The van der Waals surface area contributed by atoms with Crippen LogP contribution in [0.4, 0.5) is 13.2 Å². The Labute approximate surface area is 164 Å². The van der Waals surface area contributed by atoms with Gasteiger partial charge in [-0.3, -0.25) is 0 Å². The van der Waals surface area contributed by atoms with Crippen molar-refractivity contribution >= 4 is 27.6 Å². The maximum atomic E-state index is 12.9. The van der Waals surface area contributed by atoms with Crippen molar-refractivity contribution in [2.45, 2.75) is 35.1 Å². The van der Waals surface area contributed by atoms with Crippen molar-refractivity contribution in [2.24, 2.45) is 0 Å². The predicted molar refractivity (Wildman–Crippen MR) is 105 cm³/mol. The van der Waals surface area contributed by atoms with Crippen LogP contribution in [0.15, 0.2) is 76.5 Å². The Balaban J connectivity index is 2.07. The minimum atomic E-state index is -4.40. The Bertz CT molecular complexity index is 967. The zero-order valence-electron chi connectivity index (χ0n) is 15.5. The molecule has 0 saturated heterocycles. The minimum absolute atomic E-state index is 0.255. The Morgan fingerprint density at radius 3 is 2.18 bits per heavy atom. The first-order valence-corrected chi connectivity index (χ1v) is 10.2. The summed E-state index contributed by atoms with van der Waals surface area (Å²) in [5.41, 5.74) is -0.706. The molecular formula is C22H20F3O2S+. The van der Waals surface area contributed by atoms with Gasteiger partial charge in [-0.05, 0) is 61.0 Å². The molecule has 0 radical (unpaired) electrons. The normalized spacial score (nSPS) is 13.9. The van der Waals surface area contributed by atoms with Crippen LogP contribution in [0.25, 0.3) is 10.8 Å². The third-order valence-corrected chi connectivity index (χ3v) is 6.82. The van der Waals surface area contributed by atoms with Crippen LogP contribution in [-0.2, 0) is 26.6 Å². The van der Waals surface area contributed by atoms with Gasteiger partial charge in [0.05, 0.1) is 23.1 Å². The first-order chi connectivity index (χ1) is 13.3. The molecule has 0 aromatic heterocycles. The molecule has 0 N–H and O–H groups in total. The molecule has 0 aliphatic heterocycles. The van der Waals surface area contributed by atoms with Crippen molar-refractivity contribution in [3.63, 3.8) is 0 Å². The van der Waals surface area contributed by atoms with Crippen molar-refractivity contribution in [2.75, 3.05) is 6.61 Å². The molecule has 3 rings (SSSR count). The molecule has 28 heavy (non-hydrogen) atoms. The number of benzene rings is 3. The molecule has 0 saturated carbocycles. The van der Waals surface area contributed by atoms with E-state index in [1.165, 1.54) is 12.1 Å². The third-order valence-electron chi connectivity index (χ3n) is 4.38.